The molecule has 0 N–H and O–H groups in total. The van der Waals surface area contributed by atoms with Gasteiger partial charge in [-0.05, 0) is 22.0 Å². The van der Waals surface area contributed by atoms with Gasteiger partial charge >= 0.3 is 0 Å². The van der Waals surface area contributed by atoms with Crippen LogP contribution in [0.2, 0.25) is 25.7 Å². The van der Waals surface area contributed by atoms with E-state index in [1.54, 1.807) is 0 Å². The lowest BCUT2D eigenvalue weighted by atomic mass is 10.1. The molecule has 7 heteroatoms. The van der Waals surface area contributed by atoms with Crippen molar-refractivity contribution in [1.82, 2.24) is 14.5 Å². The van der Waals surface area contributed by atoms with E-state index in [0.717, 1.165) is 33.8 Å². The van der Waals surface area contributed by atoms with Crippen molar-refractivity contribution in [2.24, 2.45) is 0 Å². The van der Waals surface area contributed by atoms with Gasteiger partial charge in [-0.1, -0.05) is 50.0 Å². The van der Waals surface area contributed by atoms with Crippen molar-refractivity contribution in [3.05, 3.63) is 46.8 Å². The van der Waals surface area contributed by atoms with E-state index in [-0.39, 0.29) is 5.82 Å². The molecular formula is C19H21BrN4OSi. The lowest BCUT2D eigenvalue weighted by Crippen LogP contribution is -2.22. The van der Waals surface area contributed by atoms with Crippen molar-refractivity contribution < 1.29 is 4.74 Å². The molecule has 5 nitrogen and oxygen atoms in total. The molecule has 1 aromatic carbocycles. The second-order valence-corrected chi connectivity index (χ2v) is 13.8. The van der Waals surface area contributed by atoms with Gasteiger partial charge < -0.3 is 9.30 Å². The van der Waals surface area contributed by atoms with E-state index in [1.807, 2.05) is 41.1 Å². The zero-order valence-electron chi connectivity index (χ0n) is 15.2. The highest BCUT2D eigenvalue weighted by Gasteiger charge is 2.17. The summed E-state index contributed by atoms with van der Waals surface area (Å²) in [6.45, 7) is 8.13. The van der Waals surface area contributed by atoms with Gasteiger partial charge in [-0.2, -0.15) is 5.26 Å². The smallest absolute Gasteiger partial charge is 0.234 e. The maximum atomic E-state index is 9.35. The zero-order chi connectivity index (χ0) is 18.7. The Bertz CT molecular complexity index is 958. The first-order chi connectivity index (χ1) is 12.4. The molecule has 3 aromatic rings. The van der Waals surface area contributed by atoms with Gasteiger partial charge in [0, 0.05) is 30.9 Å². The zero-order valence-corrected chi connectivity index (χ0v) is 17.7. The molecule has 2 aromatic heterocycles. The maximum Gasteiger partial charge on any atom is 0.234 e. The molecule has 26 heavy (non-hydrogen) atoms. The third-order valence-electron chi connectivity index (χ3n) is 4.04. The number of rotatable bonds is 6. The number of hydrogen-bond acceptors (Lipinski definition) is 4. The lowest BCUT2D eigenvalue weighted by molar-refractivity contribution is 0.0898. The van der Waals surface area contributed by atoms with E-state index >= 15 is 0 Å². The predicted octanol–water partition coefficient (Wildman–Crippen LogP) is 5.04. The minimum atomic E-state index is -1.12. The van der Waals surface area contributed by atoms with E-state index in [2.05, 4.69) is 51.6 Å². The van der Waals surface area contributed by atoms with Gasteiger partial charge in [0.1, 0.15) is 18.4 Å². The number of fused-ring (bicyclic) bond motifs is 1. The van der Waals surface area contributed by atoms with Crippen LogP contribution in [0, 0.1) is 11.3 Å². The molecule has 0 fully saturated rings. The van der Waals surface area contributed by atoms with E-state index in [1.165, 1.54) is 0 Å². The fourth-order valence-electron chi connectivity index (χ4n) is 2.63. The van der Waals surface area contributed by atoms with Crippen molar-refractivity contribution in [2.45, 2.75) is 32.4 Å². The van der Waals surface area contributed by atoms with Crippen LogP contribution in [-0.2, 0) is 11.5 Å². The van der Waals surface area contributed by atoms with Crippen LogP contribution in [0.5, 0.6) is 0 Å². The van der Waals surface area contributed by atoms with Crippen molar-refractivity contribution in [3.63, 3.8) is 0 Å². The monoisotopic (exact) mass is 428 g/mol. The quantitative estimate of drug-likeness (QED) is 0.407. The molecule has 0 radical (unpaired) electrons. The molecule has 0 saturated carbocycles. The molecule has 0 aliphatic rings. The highest BCUT2D eigenvalue weighted by molar-refractivity contribution is 9.10. The Morgan fingerprint density at radius 2 is 1.92 bits per heavy atom. The van der Waals surface area contributed by atoms with Crippen molar-refractivity contribution >= 4 is 35.0 Å². The van der Waals surface area contributed by atoms with Crippen molar-refractivity contribution in [3.8, 4) is 17.3 Å². The summed E-state index contributed by atoms with van der Waals surface area (Å²) in [4.78, 5) is 8.86. The van der Waals surface area contributed by atoms with Gasteiger partial charge in [0.15, 0.2) is 0 Å². The van der Waals surface area contributed by atoms with Crippen LogP contribution in [0.3, 0.4) is 0 Å². The molecule has 134 valence electrons. The molecule has 0 spiro atoms. The number of benzene rings is 1. The first-order valence-electron chi connectivity index (χ1n) is 8.49. The number of ether oxygens (including phenoxy) is 1. The van der Waals surface area contributed by atoms with E-state index < -0.39 is 8.07 Å². The second kappa shape index (κ2) is 7.70. The molecule has 0 bridgehead atoms. The topological polar surface area (TPSA) is 63.7 Å². The highest BCUT2D eigenvalue weighted by Crippen LogP contribution is 2.33. The van der Waals surface area contributed by atoms with Crippen LogP contribution in [0.25, 0.3) is 22.3 Å². The van der Waals surface area contributed by atoms with Gasteiger partial charge in [0.25, 0.3) is 0 Å². The first-order valence-corrected chi connectivity index (χ1v) is 13.0. The van der Waals surface area contributed by atoms with Crippen LogP contribution >= 0.6 is 15.9 Å². The SMILES string of the molecule is C[Si](C)(C)CCOCn1cc(Br)c2c(-c3ccccc3)nc(C#N)nc21. The minimum Gasteiger partial charge on any atom is -0.361 e. The Balaban J connectivity index is 1.98. The van der Waals surface area contributed by atoms with Gasteiger partial charge in [0.05, 0.1) is 11.1 Å². The summed E-state index contributed by atoms with van der Waals surface area (Å²) in [7, 11) is -1.12. The van der Waals surface area contributed by atoms with Crippen LogP contribution in [0.15, 0.2) is 41.0 Å². The van der Waals surface area contributed by atoms with Gasteiger partial charge in [-0.3, -0.25) is 0 Å². The number of nitrogens with zero attached hydrogens (tertiary/aromatic N) is 4. The lowest BCUT2D eigenvalue weighted by Gasteiger charge is -2.15. The average Bonchev–Trinajstić information content (AvgIpc) is 2.94. The number of hydrogen-bond donors (Lipinski definition) is 0. The maximum absolute atomic E-state index is 9.35. The van der Waals surface area contributed by atoms with E-state index in [4.69, 9.17) is 4.74 Å². The third-order valence-corrected chi connectivity index (χ3v) is 6.35. The summed E-state index contributed by atoms with van der Waals surface area (Å²) in [5, 5.41) is 10.2. The fourth-order valence-corrected chi connectivity index (χ4v) is 4.00. The second-order valence-electron chi connectivity index (χ2n) is 7.37. The van der Waals surface area contributed by atoms with Crippen LogP contribution in [0.1, 0.15) is 5.82 Å². The van der Waals surface area contributed by atoms with E-state index in [0.29, 0.717) is 12.4 Å². The molecule has 0 atom stereocenters. The predicted molar refractivity (Wildman–Crippen MR) is 109 cm³/mol. The average molecular weight is 429 g/mol. The fraction of sp³-hybridized carbons (Fsp3) is 0.316. The summed E-state index contributed by atoms with van der Waals surface area (Å²) in [6, 6.07) is 13.0. The Morgan fingerprint density at radius 1 is 1.19 bits per heavy atom. The summed E-state index contributed by atoms with van der Waals surface area (Å²) < 4.78 is 8.69. The first kappa shape index (κ1) is 18.8. The normalized spacial score (nSPS) is 11.7. The summed E-state index contributed by atoms with van der Waals surface area (Å²) in [6.07, 6.45) is 1.95. The molecule has 0 amide bonds. The molecule has 2 heterocycles. The number of nitriles is 1. The van der Waals surface area contributed by atoms with Crippen molar-refractivity contribution in [1.29, 1.82) is 5.26 Å². The molecule has 0 aliphatic heterocycles. The van der Waals surface area contributed by atoms with Crippen LogP contribution in [0.4, 0.5) is 0 Å². The molecule has 3 rings (SSSR count). The molecular weight excluding hydrogens is 408 g/mol. The van der Waals surface area contributed by atoms with Crippen LogP contribution < -0.4 is 0 Å². The Hall–Kier alpha value is -2.01. The number of halogens is 1. The summed E-state index contributed by atoms with van der Waals surface area (Å²) in [5.41, 5.74) is 2.41. The molecule has 0 saturated heterocycles. The van der Waals surface area contributed by atoms with Gasteiger partial charge in [-0.25, -0.2) is 9.97 Å². The van der Waals surface area contributed by atoms with Gasteiger partial charge in [0.2, 0.25) is 5.82 Å². The standard InChI is InChI=1S/C19H21BrN4OSi/c1-26(2,3)10-9-25-13-24-12-15(20)17-18(14-7-5-4-6-8-14)22-16(11-21)23-19(17)24/h4-8,12H,9-10,13H2,1-3H3. The summed E-state index contributed by atoms with van der Waals surface area (Å²) in [5.74, 6) is 0.158. The minimum absolute atomic E-state index is 0.158. The summed E-state index contributed by atoms with van der Waals surface area (Å²) >= 11 is 3.62. The van der Waals surface area contributed by atoms with Crippen LogP contribution in [-0.4, -0.2) is 29.2 Å². The van der Waals surface area contributed by atoms with Crippen molar-refractivity contribution in [2.75, 3.05) is 6.61 Å². The Labute approximate surface area is 162 Å². The number of aromatic nitrogens is 3. The van der Waals surface area contributed by atoms with Gasteiger partial charge in [-0.15, -0.1) is 0 Å². The molecule has 0 unspecified atom stereocenters. The largest absolute Gasteiger partial charge is 0.361 e. The Kier molecular flexibility index (Phi) is 5.56. The molecule has 0 aliphatic carbocycles. The Morgan fingerprint density at radius 3 is 2.58 bits per heavy atom. The van der Waals surface area contributed by atoms with E-state index in [9.17, 15) is 5.26 Å². The highest BCUT2D eigenvalue weighted by atomic mass is 79.9. The third kappa shape index (κ3) is 4.21.